The van der Waals surface area contributed by atoms with Gasteiger partial charge in [-0.3, -0.25) is 14.4 Å². The number of rotatable bonds is 4. The molecule has 0 aromatic heterocycles. The van der Waals surface area contributed by atoms with Crippen LogP contribution in [0, 0.1) is 5.92 Å². The smallest absolute Gasteiger partial charge is 0.251 e. The fourth-order valence-corrected chi connectivity index (χ4v) is 3.53. The Balaban J connectivity index is 1.66. The zero-order valence-corrected chi connectivity index (χ0v) is 14.9. The first-order valence-corrected chi connectivity index (χ1v) is 8.91. The van der Waals surface area contributed by atoms with Crippen LogP contribution in [0.2, 0.25) is 0 Å². The number of nitrogens with zero attached hydrogens (tertiary/aromatic N) is 1. The monoisotopic (exact) mass is 343 g/mol. The first-order valence-electron chi connectivity index (χ1n) is 8.91. The van der Waals surface area contributed by atoms with Gasteiger partial charge in [-0.05, 0) is 36.5 Å². The third-order valence-corrected chi connectivity index (χ3v) is 5.08. The molecule has 0 bridgehead atoms. The lowest BCUT2D eigenvalue weighted by molar-refractivity contribution is -0.148. The Morgan fingerprint density at radius 3 is 2.56 bits per heavy atom. The molecule has 6 heteroatoms. The molecule has 0 spiro atoms. The minimum Gasteiger partial charge on any atom is -0.347 e. The summed E-state index contributed by atoms with van der Waals surface area (Å²) in [4.78, 5) is 38.9. The van der Waals surface area contributed by atoms with Gasteiger partial charge in [0, 0.05) is 18.2 Å². The van der Waals surface area contributed by atoms with Gasteiger partial charge in [0.2, 0.25) is 11.8 Å². The first-order chi connectivity index (χ1) is 11.9. The van der Waals surface area contributed by atoms with E-state index in [-0.39, 0.29) is 29.7 Å². The zero-order valence-electron chi connectivity index (χ0n) is 14.9. The molecule has 0 radical (unpaired) electrons. The van der Waals surface area contributed by atoms with E-state index in [4.69, 9.17) is 0 Å². The van der Waals surface area contributed by atoms with Crippen molar-refractivity contribution in [1.29, 1.82) is 0 Å². The summed E-state index contributed by atoms with van der Waals surface area (Å²) in [7, 11) is 0. The molecule has 2 heterocycles. The second kappa shape index (κ2) is 6.86. The van der Waals surface area contributed by atoms with Gasteiger partial charge in [-0.2, -0.15) is 0 Å². The molecule has 1 aromatic rings. The highest BCUT2D eigenvalue weighted by Crippen LogP contribution is 2.25. The largest absolute Gasteiger partial charge is 0.347 e. The number of piperazine rings is 1. The summed E-state index contributed by atoms with van der Waals surface area (Å²) in [5, 5.41) is 5.77. The van der Waals surface area contributed by atoms with Crippen LogP contribution in [0.1, 0.15) is 43.1 Å². The van der Waals surface area contributed by atoms with E-state index >= 15 is 0 Å². The maximum absolute atomic E-state index is 12.6. The quantitative estimate of drug-likeness (QED) is 0.859. The molecule has 3 atom stereocenters. The molecule has 0 unspecified atom stereocenters. The van der Waals surface area contributed by atoms with Crippen LogP contribution in [0.15, 0.2) is 24.3 Å². The van der Waals surface area contributed by atoms with Crippen LogP contribution in [0.25, 0.3) is 0 Å². The number of carbonyl (C=O) groups is 3. The van der Waals surface area contributed by atoms with Crippen molar-refractivity contribution in [2.45, 2.75) is 51.7 Å². The minimum atomic E-state index is -0.477. The Kier molecular flexibility index (Phi) is 4.79. The van der Waals surface area contributed by atoms with Crippen LogP contribution in [0.5, 0.6) is 0 Å². The normalized spacial score (nSPS) is 25.8. The Morgan fingerprint density at radius 1 is 1.28 bits per heavy atom. The summed E-state index contributed by atoms with van der Waals surface area (Å²) in [6.07, 6.45) is 1.39. The molecule has 2 aliphatic heterocycles. The van der Waals surface area contributed by atoms with Gasteiger partial charge < -0.3 is 15.5 Å². The average Bonchev–Trinajstić information content (AvgIpc) is 3.02. The van der Waals surface area contributed by atoms with E-state index in [0.29, 0.717) is 18.5 Å². The van der Waals surface area contributed by atoms with Gasteiger partial charge in [0.15, 0.2) is 0 Å². The highest BCUT2D eigenvalue weighted by Gasteiger charge is 2.47. The van der Waals surface area contributed by atoms with Crippen LogP contribution in [0.4, 0.5) is 0 Å². The molecule has 134 valence electrons. The lowest BCUT2D eigenvalue weighted by atomic mass is 9.98. The van der Waals surface area contributed by atoms with Crippen molar-refractivity contribution >= 4 is 17.7 Å². The molecule has 3 amide bonds. The van der Waals surface area contributed by atoms with Gasteiger partial charge in [0.05, 0.1) is 0 Å². The number of amides is 3. The molecule has 0 saturated carbocycles. The third-order valence-electron chi connectivity index (χ3n) is 5.08. The lowest BCUT2D eigenvalue weighted by Gasteiger charge is -2.36. The first kappa shape index (κ1) is 17.5. The molecule has 6 nitrogen and oxygen atoms in total. The minimum absolute atomic E-state index is 0.0446. The van der Waals surface area contributed by atoms with E-state index in [9.17, 15) is 14.4 Å². The van der Waals surface area contributed by atoms with E-state index in [2.05, 4.69) is 17.6 Å². The molecular formula is C19H25N3O3. The summed E-state index contributed by atoms with van der Waals surface area (Å²) in [6, 6.07) is 6.35. The number of carbonyl (C=O) groups excluding carboxylic acids is 3. The standard InChI is InChI=1S/C19H25N3O3/c1-4-12-5-7-13(8-6-12)17(23)20-14-9-15-18(24)21-16(11(2)3)19(25)22(15)10-14/h5-8,11,14-16H,4,9-10H2,1-3H3,(H,20,23)(H,21,24)/t14-,15-,16-/m0/s1. The molecule has 0 aliphatic carbocycles. The van der Waals surface area contributed by atoms with Gasteiger partial charge in [0.1, 0.15) is 12.1 Å². The maximum Gasteiger partial charge on any atom is 0.251 e. The predicted octanol–water partition coefficient (Wildman–Crippen LogP) is 1.10. The fraction of sp³-hybridized carbons (Fsp3) is 0.526. The molecule has 2 fully saturated rings. The Morgan fingerprint density at radius 2 is 1.96 bits per heavy atom. The topological polar surface area (TPSA) is 78.5 Å². The van der Waals surface area contributed by atoms with Crippen molar-refractivity contribution < 1.29 is 14.4 Å². The number of nitrogens with one attached hydrogen (secondary N) is 2. The SMILES string of the molecule is CCc1ccc(C(=O)N[C@H]2C[C@H]3C(=O)N[C@@H](C(C)C)C(=O)N3C2)cc1. The third kappa shape index (κ3) is 3.38. The van der Waals surface area contributed by atoms with Crippen molar-refractivity contribution in [1.82, 2.24) is 15.5 Å². The van der Waals surface area contributed by atoms with E-state index < -0.39 is 12.1 Å². The van der Waals surface area contributed by atoms with Crippen molar-refractivity contribution in [2.75, 3.05) is 6.54 Å². The van der Waals surface area contributed by atoms with Crippen LogP contribution in [-0.2, 0) is 16.0 Å². The second-order valence-corrected chi connectivity index (χ2v) is 7.19. The van der Waals surface area contributed by atoms with Gasteiger partial charge in [-0.15, -0.1) is 0 Å². The second-order valence-electron chi connectivity index (χ2n) is 7.19. The highest BCUT2D eigenvalue weighted by molar-refractivity contribution is 5.98. The molecule has 2 N–H and O–H groups in total. The molecular weight excluding hydrogens is 318 g/mol. The fourth-order valence-electron chi connectivity index (χ4n) is 3.53. The molecule has 2 aliphatic rings. The predicted molar refractivity (Wildman–Crippen MR) is 94.0 cm³/mol. The average molecular weight is 343 g/mol. The van der Waals surface area contributed by atoms with Crippen molar-refractivity contribution in [3.8, 4) is 0 Å². The van der Waals surface area contributed by atoms with Crippen LogP contribution in [-0.4, -0.2) is 47.3 Å². The van der Waals surface area contributed by atoms with Gasteiger partial charge in [-0.25, -0.2) is 0 Å². The molecule has 1 aromatic carbocycles. The van der Waals surface area contributed by atoms with Crippen molar-refractivity contribution in [2.24, 2.45) is 5.92 Å². The van der Waals surface area contributed by atoms with E-state index in [1.165, 1.54) is 5.56 Å². The van der Waals surface area contributed by atoms with Crippen molar-refractivity contribution in [3.05, 3.63) is 35.4 Å². The molecule has 25 heavy (non-hydrogen) atoms. The Hall–Kier alpha value is -2.37. The van der Waals surface area contributed by atoms with E-state index in [0.717, 1.165) is 6.42 Å². The van der Waals surface area contributed by atoms with Gasteiger partial charge in [-0.1, -0.05) is 32.9 Å². The summed E-state index contributed by atoms with van der Waals surface area (Å²) in [5.74, 6) is -0.296. The van der Waals surface area contributed by atoms with Crippen LogP contribution >= 0.6 is 0 Å². The number of benzene rings is 1. The zero-order chi connectivity index (χ0) is 18.1. The number of hydrogen-bond acceptors (Lipinski definition) is 3. The van der Waals surface area contributed by atoms with Crippen LogP contribution < -0.4 is 10.6 Å². The Labute approximate surface area is 148 Å². The van der Waals surface area contributed by atoms with E-state index in [1.54, 1.807) is 4.90 Å². The summed E-state index contributed by atoms with van der Waals surface area (Å²) in [5.41, 5.74) is 1.77. The van der Waals surface area contributed by atoms with Gasteiger partial charge in [0.25, 0.3) is 5.91 Å². The number of aryl methyl sites for hydroxylation is 1. The number of fused-ring (bicyclic) bond motifs is 1. The van der Waals surface area contributed by atoms with Crippen molar-refractivity contribution in [3.63, 3.8) is 0 Å². The highest BCUT2D eigenvalue weighted by atomic mass is 16.2. The Bertz CT molecular complexity index is 684. The van der Waals surface area contributed by atoms with Gasteiger partial charge >= 0.3 is 0 Å². The van der Waals surface area contributed by atoms with E-state index in [1.807, 2.05) is 38.1 Å². The molecule has 3 rings (SSSR count). The summed E-state index contributed by atoms with van der Waals surface area (Å²) in [6.45, 7) is 6.28. The summed E-state index contributed by atoms with van der Waals surface area (Å²) < 4.78 is 0. The van der Waals surface area contributed by atoms with Crippen LogP contribution in [0.3, 0.4) is 0 Å². The summed E-state index contributed by atoms with van der Waals surface area (Å²) >= 11 is 0. The maximum atomic E-state index is 12.6. The molecule has 2 saturated heterocycles. The lowest BCUT2D eigenvalue weighted by Crippen LogP contribution is -2.62. The number of hydrogen-bond donors (Lipinski definition) is 2.